The van der Waals surface area contributed by atoms with E-state index in [-0.39, 0.29) is 32.0 Å². The first-order valence-corrected chi connectivity index (χ1v) is 22.2. The number of quaternary nitrogens is 1. The summed E-state index contributed by atoms with van der Waals surface area (Å²) in [5, 5.41) is 0. The maximum absolute atomic E-state index is 12.6. The largest absolute Gasteiger partial charge is 0.472 e. The minimum absolute atomic E-state index is 0.0284. The molecule has 0 radical (unpaired) electrons. The first kappa shape index (κ1) is 50.2. The van der Waals surface area contributed by atoms with Crippen molar-refractivity contribution in [3.8, 4) is 0 Å². The van der Waals surface area contributed by atoms with Crippen molar-refractivity contribution in [2.75, 3.05) is 47.5 Å². The average molecular weight is 757 g/mol. The Kier molecular flexibility index (Phi) is 33.8. The number of phosphoric ester groups is 1. The van der Waals surface area contributed by atoms with Gasteiger partial charge in [-0.1, -0.05) is 147 Å². The van der Waals surface area contributed by atoms with Crippen molar-refractivity contribution in [1.29, 1.82) is 0 Å². The van der Waals surface area contributed by atoms with Crippen LogP contribution in [0.3, 0.4) is 0 Å². The number of carbonyl (C=O) groups excluding carboxylic acids is 2. The molecule has 0 bridgehead atoms. The lowest BCUT2D eigenvalue weighted by molar-refractivity contribution is -0.870. The highest BCUT2D eigenvalue weighted by molar-refractivity contribution is 7.47. The average Bonchev–Trinajstić information content (AvgIpc) is 3.09. The summed E-state index contributed by atoms with van der Waals surface area (Å²) in [5.74, 6) is -0.817. The highest BCUT2D eigenvalue weighted by Gasteiger charge is 2.27. The molecule has 2 atom stereocenters. The Morgan fingerprint density at radius 1 is 0.615 bits per heavy atom. The Bertz CT molecular complexity index is 991. The number of unbranched alkanes of at least 4 members (excludes halogenated alkanes) is 17. The van der Waals surface area contributed by atoms with Crippen LogP contribution in [0.5, 0.6) is 0 Å². The van der Waals surface area contributed by atoms with Gasteiger partial charge in [0.05, 0.1) is 27.7 Å². The molecule has 1 N–H and O–H groups in total. The SMILES string of the molecule is CC/C=C/C/C=C/C/C=C/CCCCCCCC(=O)OC(COC(=O)CCCCCCCCCCCCCCC)COP(=O)(O)OCC[N+](C)(C)C. The Morgan fingerprint density at radius 2 is 1.10 bits per heavy atom. The summed E-state index contributed by atoms with van der Waals surface area (Å²) in [6.07, 6.45) is 37.6. The molecule has 2 unspecified atom stereocenters. The molecule has 52 heavy (non-hydrogen) atoms. The number of rotatable bonds is 37. The highest BCUT2D eigenvalue weighted by atomic mass is 31.2. The molecule has 0 aliphatic heterocycles. The number of phosphoric acid groups is 1. The zero-order valence-electron chi connectivity index (χ0n) is 34.0. The van der Waals surface area contributed by atoms with Gasteiger partial charge in [0, 0.05) is 12.8 Å². The van der Waals surface area contributed by atoms with E-state index in [0.717, 1.165) is 70.6 Å². The zero-order valence-corrected chi connectivity index (χ0v) is 34.9. The number of nitrogens with zero attached hydrogens (tertiary/aromatic N) is 1. The maximum atomic E-state index is 12.6. The summed E-state index contributed by atoms with van der Waals surface area (Å²) < 4.78 is 34.2. The zero-order chi connectivity index (χ0) is 38.6. The topological polar surface area (TPSA) is 108 Å². The van der Waals surface area contributed by atoms with Crippen molar-refractivity contribution < 1.29 is 42.1 Å². The molecule has 0 aliphatic rings. The number of esters is 2. The van der Waals surface area contributed by atoms with Crippen molar-refractivity contribution in [3.63, 3.8) is 0 Å². The van der Waals surface area contributed by atoms with Crippen molar-refractivity contribution in [1.82, 2.24) is 0 Å². The summed E-state index contributed by atoms with van der Waals surface area (Å²) in [4.78, 5) is 35.3. The number of hydrogen-bond donors (Lipinski definition) is 1. The molecule has 0 spiro atoms. The van der Waals surface area contributed by atoms with E-state index in [9.17, 15) is 19.0 Å². The third-order valence-electron chi connectivity index (χ3n) is 8.68. The fraction of sp³-hybridized carbons (Fsp3) is 0.810. The van der Waals surface area contributed by atoms with Gasteiger partial charge in [-0.15, -0.1) is 0 Å². The lowest BCUT2D eigenvalue weighted by Gasteiger charge is -2.24. The van der Waals surface area contributed by atoms with Crippen LogP contribution in [-0.4, -0.2) is 74.9 Å². The van der Waals surface area contributed by atoms with Gasteiger partial charge in [0.2, 0.25) is 0 Å². The van der Waals surface area contributed by atoms with Crippen LogP contribution in [0.15, 0.2) is 36.5 Å². The minimum Gasteiger partial charge on any atom is -0.462 e. The van der Waals surface area contributed by atoms with Gasteiger partial charge in [-0.05, 0) is 44.9 Å². The van der Waals surface area contributed by atoms with Gasteiger partial charge in [0.15, 0.2) is 6.10 Å². The van der Waals surface area contributed by atoms with E-state index in [4.69, 9.17) is 18.5 Å². The van der Waals surface area contributed by atoms with Crippen LogP contribution in [0.4, 0.5) is 0 Å². The predicted molar refractivity (Wildman–Crippen MR) is 215 cm³/mol. The summed E-state index contributed by atoms with van der Waals surface area (Å²) in [5.41, 5.74) is 0. The van der Waals surface area contributed by atoms with Gasteiger partial charge in [0.1, 0.15) is 19.8 Å². The lowest BCUT2D eigenvalue weighted by Crippen LogP contribution is -2.37. The quantitative estimate of drug-likeness (QED) is 0.0219. The summed E-state index contributed by atoms with van der Waals surface area (Å²) >= 11 is 0. The second kappa shape index (κ2) is 35.0. The fourth-order valence-electron chi connectivity index (χ4n) is 5.44. The third-order valence-corrected chi connectivity index (χ3v) is 9.67. The normalized spacial score (nSPS) is 14.0. The van der Waals surface area contributed by atoms with E-state index in [1.807, 2.05) is 21.1 Å². The summed E-state index contributed by atoms with van der Waals surface area (Å²) in [6.45, 7) is 4.28. The Balaban J connectivity index is 4.42. The van der Waals surface area contributed by atoms with Crippen LogP contribution >= 0.6 is 7.82 Å². The molecule has 9 nitrogen and oxygen atoms in total. The van der Waals surface area contributed by atoms with E-state index in [2.05, 4.69) is 50.3 Å². The van der Waals surface area contributed by atoms with Gasteiger partial charge < -0.3 is 18.9 Å². The van der Waals surface area contributed by atoms with Crippen LogP contribution in [0, 0.1) is 0 Å². The second-order valence-electron chi connectivity index (χ2n) is 15.0. The molecule has 0 saturated carbocycles. The van der Waals surface area contributed by atoms with Crippen LogP contribution in [0.2, 0.25) is 0 Å². The highest BCUT2D eigenvalue weighted by Crippen LogP contribution is 2.43. The first-order chi connectivity index (χ1) is 25.0. The third kappa shape index (κ3) is 38.0. The molecule has 0 aliphatic carbocycles. The van der Waals surface area contributed by atoms with Crippen LogP contribution < -0.4 is 0 Å². The molecule has 0 fully saturated rings. The molecular formula is C42H79NO8P+. The standard InChI is InChI=1S/C42H78NO8P/c1-6-8-10-12-14-16-18-20-21-23-25-27-29-31-33-35-42(45)51-40(39-50-52(46,47)49-37-36-43(3,4)5)38-48-41(44)34-32-30-28-26-24-22-19-17-15-13-11-9-7-2/h8,10,14,16,20-21,40H,6-7,9,11-13,15,17-19,22-39H2,1-5H3/p+1/b10-8+,16-14+,21-20+. The second-order valence-corrected chi connectivity index (χ2v) is 16.5. The van der Waals surface area contributed by atoms with Crippen LogP contribution in [0.1, 0.15) is 168 Å². The van der Waals surface area contributed by atoms with E-state index in [1.54, 1.807) is 0 Å². The molecule has 10 heteroatoms. The molecule has 304 valence electrons. The number of carbonyl (C=O) groups is 2. The monoisotopic (exact) mass is 757 g/mol. The molecule has 0 heterocycles. The number of ether oxygens (including phenoxy) is 2. The van der Waals surface area contributed by atoms with E-state index in [1.165, 1.54) is 64.2 Å². The Labute approximate surface area is 319 Å². The van der Waals surface area contributed by atoms with Gasteiger partial charge >= 0.3 is 19.8 Å². The van der Waals surface area contributed by atoms with Crippen LogP contribution in [-0.2, 0) is 32.7 Å². The van der Waals surface area contributed by atoms with Gasteiger partial charge in [0.25, 0.3) is 0 Å². The lowest BCUT2D eigenvalue weighted by atomic mass is 10.0. The molecule has 0 saturated heterocycles. The number of allylic oxidation sites excluding steroid dienone is 6. The van der Waals surface area contributed by atoms with Crippen molar-refractivity contribution in [3.05, 3.63) is 36.5 Å². The van der Waals surface area contributed by atoms with Crippen molar-refractivity contribution >= 4 is 19.8 Å². The van der Waals surface area contributed by atoms with Crippen molar-refractivity contribution in [2.45, 2.75) is 174 Å². The number of likely N-dealkylation sites (N-methyl/N-ethyl adjacent to an activating group) is 1. The minimum atomic E-state index is -4.37. The van der Waals surface area contributed by atoms with Gasteiger partial charge in [-0.25, -0.2) is 4.57 Å². The molecule has 0 amide bonds. The van der Waals surface area contributed by atoms with E-state index < -0.39 is 26.5 Å². The molecule has 0 aromatic heterocycles. The van der Waals surface area contributed by atoms with E-state index in [0.29, 0.717) is 17.4 Å². The molecular weight excluding hydrogens is 677 g/mol. The van der Waals surface area contributed by atoms with Crippen LogP contribution in [0.25, 0.3) is 0 Å². The predicted octanol–water partition coefficient (Wildman–Crippen LogP) is 11.4. The summed E-state index contributed by atoms with van der Waals surface area (Å²) in [7, 11) is 1.46. The van der Waals surface area contributed by atoms with Gasteiger partial charge in [-0.3, -0.25) is 18.6 Å². The fourth-order valence-corrected chi connectivity index (χ4v) is 6.18. The van der Waals surface area contributed by atoms with Gasteiger partial charge in [-0.2, -0.15) is 0 Å². The van der Waals surface area contributed by atoms with Crippen molar-refractivity contribution in [2.24, 2.45) is 0 Å². The Morgan fingerprint density at radius 3 is 1.63 bits per heavy atom. The molecule has 0 aromatic carbocycles. The molecule has 0 aromatic rings. The first-order valence-electron chi connectivity index (χ1n) is 20.7. The van der Waals surface area contributed by atoms with E-state index >= 15 is 0 Å². The number of hydrogen-bond acceptors (Lipinski definition) is 7. The summed E-state index contributed by atoms with van der Waals surface area (Å²) in [6, 6.07) is 0. The Hall–Kier alpha value is -1.77. The smallest absolute Gasteiger partial charge is 0.462 e. The molecule has 0 rings (SSSR count). The maximum Gasteiger partial charge on any atom is 0.472 e.